The highest BCUT2D eigenvalue weighted by Gasteiger charge is 2.24. The molecule has 8 heteroatoms. The third kappa shape index (κ3) is 2.60. The molecular formula is C19H19N5O3. The monoisotopic (exact) mass is 365 g/mol. The van der Waals surface area contributed by atoms with Crippen LogP contribution >= 0.6 is 0 Å². The van der Waals surface area contributed by atoms with E-state index in [2.05, 4.69) is 26.9 Å². The average Bonchev–Trinajstić information content (AvgIpc) is 3.31. The summed E-state index contributed by atoms with van der Waals surface area (Å²) < 4.78 is 18.6. The predicted octanol–water partition coefficient (Wildman–Crippen LogP) is 2.77. The largest absolute Gasteiger partial charge is 0.480 e. The fourth-order valence-electron chi connectivity index (χ4n) is 3.48. The number of nitrogens with zero attached hydrogens (tertiary/aromatic N) is 5. The number of morpholine rings is 1. The maximum absolute atomic E-state index is 6.12. The normalized spacial score (nSPS) is 17.7. The Balaban J connectivity index is 1.64. The number of hydrogen-bond acceptors (Lipinski definition) is 7. The van der Waals surface area contributed by atoms with Gasteiger partial charge in [-0.1, -0.05) is 0 Å². The number of aromatic nitrogens is 4. The van der Waals surface area contributed by atoms with Crippen molar-refractivity contribution in [1.29, 1.82) is 0 Å². The first kappa shape index (κ1) is 16.1. The smallest absolute Gasteiger partial charge is 0.231 e. The fraction of sp³-hybridized carbons (Fsp3) is 0.316. The minimum absolute atomic E-state index is 0.261. The molecule has 27 heavy (non-hydrogen) atoms. The van der Waals surface area contributed by atoms with Gasteiger partial charge in [-0.2, -0.15) is 0 Å². The van der Waals surface area contributed by atoms with E-state index in [-0.39, 0.29) is 6.04 Å². The topological polar surface area (TPSA) is 77.9 Å². The van der Waals surface area contributed by atoms with Crippen molar-refractivity contribution in [3.05, 3.63) is 36.7 Å². The predicted molar refractivity (Wildman–Crippen MR) is 100 cm³/mol. The SMILES string of the molecule is COc1ccc2ncc(-c3cc4c(N5CCOC[C@H]5C)nccc4o3)n2n1. The van der Waals surface area contributed by atoms with E-state index in [1.807, 2.05) is 18.2 Å². The van der Waals surface area contributed by atoms with E-state index in [4.69, 9.17) is 13.9 Å². The molecule has 0 bridgehead atoms. The molecule has 0 amide bonds. The Morgan fingerprint density at radius 3 is 3.00 bits per heavy atom. The molecule has 1 aliphatic heterocycles. The second-order valence-corrected chi connectivity index (χ2v) is 6.56. The Kier molecular flexibility index (Phi) is 3.71. The molecule has 138 valence electrons. The van der Waals surface area contributed by atoms with Crippen molar-refractivity contribution < 1.29 is 13.9 Å². The maximum atomic E-state index is 6.12. The van der Waals surface area contributed by atoms with Crippen LogP contribution in [0.4, 0.5) is 5.82 Å². The summed E-state index contributed by atoms with van der Waals surface area (Å²) in [7, 11) is 1.59. The van der Waals surface area contributed by atoms with Crippen LogP contribution in [0.25, 0.3) is 28.1 Å². The summed E-state index contributed by atoms with van der Waals surface area (Å²) in [6.45, 7) is 4.34. The van der Waals surface area contributed by atoms with E-state index in [1.165, 1.54) is 0 Å². The second-order valence-electron chi connectivity index (χ2n) is 6.56. The summed E-state index contributed by atoms with van der Waals surface area (Å²) >= 11 is 0. The highest BCUT2D eigenvalue weighted by atomic mass is 16.5. The molecule has 1 saturated heterocycles. The molecule has 5 rings (SSSR count). The van der Waals surface area contributed by atoms with Crippen LogP contribution in [0.15, 0.2) is 41.1 Å². The van der Waals surface area contributed by atoms with Gasteiger partial charge in [0.15, 0.2) is 11.4 Å². The van der Waals surface area contributed by atoms with Gasteiger partial charge in [-0.15, -0.1) is 5.10 Å². The lowest BCUT2D eigenvalue weighted by atomic mass is 10.2. The number of imidazole rings is 1. The molecule has 1 aliphatic rings. The van der Waals surface area contributed by atoms with Gasteiger partial charge in [0.25, 0.3) is 0 Å². The first-order valence-electron chi connectivity index (χ1n) is 8.86. The third-order valence-electron chi connectivity index (χ3n) is 4.86. The summed E-state index contributed by atoms with van der Waals surface area (Å²) in [6.07, 6.45) is 3.53. The summed E-state index contributed by atoms with van der Waals surface area (Å²) in [5.41, 5.74) is 2.28. The first-order valence-corrected chi connectivity index (χ1v) is 8.86. The van der Waals surface area contributed by atoms with Crippen molar-refractivity contribution in [3.63, 3.8) is 0 Å². The number of furan rings is 1. The van der Waals surface area contributed by atoms with Crippen molar-refractivity contribution in [1.82, 2.24) is 19.6 Å². The Bertz CT molecular complexity index is 1120. The van der Waals surface area contributed by atoms with Gasteiger partial charge in [0, 0.05) is 18.8 Å². The molecular weight excluding hydrogens is 346 g/mol. The van der Waals surface area contributed by atoms with Gasteiger partial charge in [0.05, 0.1) is 37.9 Å². The highest BCUT2D eigenvalue weighted by molar-refractivity contribution is 5.92. The van der Waals surface area contributed by atoms with Crippen molar-refractivity contribution in [2.24, 2.45) is 0 Å². The van der Waals surface area contributed by atoms with Crippen molar-refractivity contribution in [3.8, 4) is 17.3 Å². The number of rotatable bonds is 3. The second kappa shape index (κ2) is 6.24. The van der Waals surface area contributed by atoms with E-state index in [9.17, 15) is 0 Å². The minimum atomic E-state index is 0.261. The van der Waals surface area contributed by atoms with E-state index in [0.717, 1.165) is 34.7 Å². The lowest BCUT2D eigenvalue weighted by Crippen LogP contribution is -2.44. The van der Waals surface area contributed by atoms with Crippen molar-refractivity contribution in [2.75, 3.05) is 31.8 Å². The molecule has 4 aromatic rings. The van der Waals surface area contributed by atoms with Gasteiger partial charge in [-0.3, -0.25) is 0 Å². The van der Waals surface area contributed by atoms with Crippen LogP contribution in [-0.2, 0) is 4.74 Å². The zero-order valence-corrected chi connectivity index (χ0v) is 15.1. The van der Waals surface area contributed by atoms with Gasteiger partial charge in [-0.05, 0) is 25.1 Å². The number of pyridine rings is 1. The van der Waals surface area contributed by atoms with E-state index >= 15 is 0 Å². The third-order valence-corrected chi connectivity index (χ3v) is 4.86. The Morgan fingerprint density at radius 1 is 1.22 bits per heavy atom. The molecule has 0 saturated carbocycles. The van der Waals surface area contributed by atoms with Crippen LogP contribution in [0.1, 0.15) is 6.92 Å². The molecule has 5 heterocycles. The lowest BCUT2D eigenvalue weighted by Gasteiger charge is -2.34. The maximum Gasteiger partial charge on any atom is 0.231 e. The molecule has 8 nitrogen and oxygen atoms in total. The Morgan fingerprint density at radius 2 is 2.15 bits per heavy atom. The molecule has 0 spiro atoms. The lowest BCUT2D eigenvalue weighted by molar-refractivity contribution is 0.0987. The molecule has 1 fully saturated rings. The zero-order valence-electron chi connectivity index (χ0n) is 15.1. The van der Waals surface area contributed by atoms with Gasteiger partial charge in [0.2, 0.25) is 5.88 Å². The number of fused-ring (bicyclic) bond motifs is 2. The van der Waals surface area contributed by atoms with Crippen LogP contribution in [0.5, 0.6) is 5.88 Å². The van der Waals surface area contributed by atoms with Gasteiger partial charge < -0.3 is 18.8 Å². The Hall–Kier alpha value is -3.13. The van der Waals surface area contributed by atoms with Crippen molar-refractivity contribution >= 4 is 22.4 Å². The quantitative estimate of drug-likeness (QED) is 0.552. The first-order chi connectivity index (χ1) is 13.2. The van der Waals surface area contributed by atoms with Crippen molar-refractivity contribution in [2.45, 2.75) is 13.0 Å². The van der Waals surface area contributed by atoms with Gasteiger partial charge in [0.1, 0.15) is 17.1 Å². The standard InChI is InChI=1S/C19H19N5O3/c1-12-11-26-8-7-23(12)19-13-9-16(27-15(13)5-6-20-19)14-10-21-17-3-4-18(25-2)22-24(14)17/h3-6,9-10,12H,7-8,11H2,1-2H3/t12-/m1/s1. The van der Waals surface area contributed by atoms with E-state index in [1.54, 1.807) is 30.1 Å². The summed E-state index contributed by atoms with van der Waals surface area (Å²) in [4.78, 5) is 11.3. The van der Waals surface area contributed by atoms with Crippen LogP contribution in [0.2, 0.25) is 0 Å². The van der Waals surface area contributed by atoms with E-state index in [0.29, 0.717) is 24.9 Å². The average molecular weight is 365 g/mol. The molecule has 0 aliphatic carbocycles. The summed E-state index contributed by atoms with van der Waals surface area (Å²) in [5.74, 6) is 2.12. The number of ether oxygens (including phenoxy) is 2. The van der Waals surface area contributed by atoms with Gasteiger partial charge >= 0.3 is 0 Å². The molecule has 4 aromatic heterocycles. The number of hydrogen-bond donors (Lipinski definition) is 0. The minimum Gasteiger partial charge on any atom is -0.480 e. The molecule has 1 atom stereocenters. The zero-order chi connectivity index (χ0) is 18.4. The summed E-state index contributed by atoms with van der Waals surface area (Å²) in [6, 6.07) is 7.79. The molecule has 0 radical (unpaired) electrons. The summed E-state index contributed by atoms with van der Waals surface area (Å²) in [5, 5.41) is 5.43. The molecule has 0 aromatic carbocycles. The Labute approximate surface area is 155 Å². The molecule has 0 N–H and O–H groups in total. The van der Waals surface area contributed by atoms with Gasteiger partial charge in [-0.25, -0.2) is 14.5 Å². The van der Waals surface area contributed by atoms with Crippen LogP contribution in [0.3, 0.4) is 0 Å². The highest BCUT2D eigenvalue weighted by Crippen LogP contribution is 2.34. The fourth-order valence-corrected chi connectivity index (χ4v) is 3.48. The number of methoxy groups -OCH3 is 1. The van der Waals surface area contributed by atoms with Crippen LogP contribution < -0.4 is 9.64 Å². The molecule has 0 unspecified atom stereocenters. The van der Waals surface area contributed by atoms with E-state index < -0.39 is 0 Å². The number of anilines is 1. The van der Waals surface area contributed by atoms with Crippen LogP contribution in [0, 0.1) is 0 Å². The van der Waals surface area contributed by atoms with Crippen LogP contribution in [-0.4, -0.2) is 52.5 Å².